The standard InChI is InChI=1S/C25H27F2N7O3.C23H28N4O5.C22H26N2O4/c1-14-30-22(33-32-14)24(36)34-9-7-21(25(26,27)13-34)37-20-5-4-16(10-17(20)12-28)19-11-18(6-8-29-19)31-23(35)15-2-3-15;1-2-31-23(29)18-10-17(18)22(28)27-21-11-19(25-13-26-21)14-3-4-20(15(9-14)12-24)32-16-5-7-30-8-6-16;23-14-17-12-16(4-5-20(17)28-19-6-10-27-11-7-19)15-2-1-3-18(13-15)24-21(25)22(26)8-9-22/h4-6,8,10-11,15,21H,2-3,7,9,12-13,28H2,1H3,(H,29,31,35)(H,30,32,33);3-4,9,11,13,16-18H,2,5-8,10,12,24H2,1H3,(H,25,26,27,28);1-5,12-13,19,26H,6-11,14,23H2,(H,24,25)/t21-;17-,18-;/m01./s1. The summed E-state index contributed by atoms with van der Waals surface area (Å²) in [5.74, 6) is -3.03. The first-order chi connectivity index (χ1) is 46.9. The van der Waals surface area contributed by atoms with Crippen LogP contribution in [0, 0.1) is 24.7 Å². The van der Waals surface area contributed by atoms with Crippen molar-refractivity contribution >= 4 is 46.8 Å². The maximum absolute atomic E-state index is 15.0. The number of piperidine rings is 1. The number of nitrogens with one attached hydrogen (secondary N) is 4. The lowest BCUT2D eigenvalue weighted by molar-refractivity contribution is -0.145. The van der Waals surface area contributed by atoms with E-state index in [1.54, 1.807) is 56.4 Å². The number of aryl methyl sites for hydroxylation is 1. The molecule has 3 atom stereocenters. The summed E-state index contributed by atoms with van der Waals surface area (Å²) in [7, 11) is 0. The molecule has 27 heteroatoms. The summed E-state index contributed by atoms with van der Waals surface area (Å²) in [5, 5.41) is 24.7. The number of carbonyl (C=O) groups excluding carboxylic acids is 5. The van der Waals surface area contributed by atoms with E-state index in [2.05, 4.69) is 46.1 Å². The van der Waals surface area contributed by atoms with Gasteiger partial charge in [-0.15, -0.1) is 5.10 Å². The third kappa shape index (κ3) is 18.0. The molecule has 11 N–H and O–H groups in total. The van der Waals surface area contributed by atoms with Gasteiger partial charge in [-0.2, -0.15) is 0 Å². The average molecular weight is 1330 g/mol. The number of nitrogens with two attached hydrogens (primary N) is 3. The van der Waals surface area contributed by atoms with E-state index in [0.29, 0.717) is 97.7 Å². The minimum absolute atomic E-state index is 0.00652. The van der Waals surface area contributed by atoms with Crippen LogP contribution in [0.4, 0.5) is 26.0 Å². The molecular weight excluding hydrogens is 1250 g/mol. The van der Waals surface area contributed by atoms with Crippen molar-refractivity contribution in [2.24, 2.45) is 35.0 Å². The molecule has 13 rings (SSSR count). The van der Waals surface area contributed by atoms with Crippen molar-refractivity contribution in [2.75, 3.05) is 62.1 Å². The van der Waals surface area contributed by atoms with Gasteiger partial charge in [0.1, 0.15) is 53.0 Å². The normalized spacial score (nSPS) is 19.3. The second kappa shape index (κ2) is 31.2. The third-order valence-corrected chi connectivity index (χ3v) is 17.4. The fourth-order valence-electron chi connectivity index (χ4n) is 11.4. The van der Waals surface area contributed by atoms with E-state index in [9.17, 15) is 29.1 Å². The summed E-state index contributed by atoms with van der Waals surface area (Å²) in [6.45, 7) is 6.61. The predicted molar refractivity (Wildman–Crippen MR) is 354 cm³/mol. The van der Waals surface area contributed by atoms with Crippen LogP contribution in [0.25, 0.3) is 33.6 Å². The molecule has 6 fully saturated rings. The number of halogens is 2. The van der Waals surface area contributed by atoms with Crippen LogP contribution >= 0.6 is 0 Å². The molecule has 3 aromatic heterocycles. The van der Waals surface area contributed by atoms with E-state index in [4.69, 9.17) is 45.6 Å². The second-order valence-corrected chi connectivity index (χ2v) is 24.8. The van der Waals surface area contributed by atoms with Crippen LogP contribution in [-0.4, -0.2) is 146 Å². The van der Waals surface area contributed by atoms with Gasteiger partial charge < -0.3 is 71.6 Å². The zero-order valence-corrected chi connectivity index (χ0v) is 54.1. The molecule has 25 nitrogen and oxygen atoms in total. The number of likely N-dealkylation sites (tertiary alicyclic amines) is 1. The van der Waals surface area contributed by atoms with Gasteiger partial charge in [0.25, 0.3) is 11.8 Å². The number of alkyl halides is 2. The van der Waals surface area contributed by atoms with Gasteiger partial charge in [0.05, 0.1) is 62.8 Å². The number of benzene rings is 4. The van der Waals surface area contributed by atoms with Crippen LogP contribution < -0.4 is 47.4 Å². The third-order valence-electron chi connectivity index (χ3n) is 17.4. The second-order valence-electron chi connectivity index (χ2n) is 24.8. The highest BCUT2D eigenvalue weighted by Gasteiger charge is 2.50. The lowest BCUT2D eigenvalue weighted by Gasteiger charge is -2.38. The van der Waals surface area contributed by atoms with Crippen molar-refractivity contribution < 1.29 is 66.3 Å². The predicted octanol–water partition coefficient (Wildman–Crippen LogP) is 8.04. The maximum Gasteiger partial charge on any atom is 0.309 e. The van der Waals surface area contributed by atoms with Gasteiger partial charge in [0, 0.05) is 116 Å². The molecule has 0 unspecified atom stereocenters. The van der Waals surface area contributed by atoms with E-state index in [0.717, 1.165) is 96.0 Å². The van der Waals surface area contributed by atoms with Crippen LogP contribution in [0.3, 0.4) is 0 Å². The molecule has 97 heavy (non-hydrogen) atoms. The Hall–Kier alpha value is -9.38. The van der Waals surface area contributed by atoms with Gasteiger partial charge in [-0.25, -0.2) is 23.7 Å². The van der Waals surface area contributed by atoms with Crippen molar-refractivity contribution in [3.63, 3.8) is 0 Å². The molecule has 512 valence electrons. The van der Waals surface area contributed by atoms with Crippen LogP contribution in [-0.2, 0) is 53.0 Å². The number of hydrogen-bond acceptors (Lipinski definition) is 20. The molecule has 0 radical (unpaired) electrons. The molecule has 6 heterocycles. The molecular formula is C70H81F2N13O12. The van der Waals surface area contributed by atoms with Gasteiger partial charge in [0.2, 0.25) is 17.6 Å². The van der Waals surface area contributed by atoms with Gasteiger partial charge in [-0.05, 0) is 130 Å². The Kier molecular flexibility index (Phi) is 22.2. The molecule has 0 bridgehead atoms. The number of aliphatic hydroxyl groups is 1. The van der Waals surface area contributed by atoms with Crippen LogP contribution in [0.2, 0.25) is 0 Å². The Morgan fingerprint density at radius 3 is 1.82 bits per heavy atom. The highest BCUT2D eigenvalue weighted by atomic mass is 19.3. The Balaban J connectivity index is 0.000000149. The summed E-state index contributed by atoms with van der Waals surface area (Å²) in [4.78, 5) is 78.7. The quantitative estimate of drug-likeness (QED) is 0.0315. The van der Waals surface area contributed by atoms with Gasteiger partial charge in [0.15, 0.2) is 6.10 Å². The molecule has 4 aromatic carbocycles. The number of carbonyl (C=O) groups is 5. The van der Waals surface area contributed by atoms with Crippen molar-refractivity contribution in [3.05, 3.63) is 138 Å². The number of nitrogens with zero attached hydrogens (tertiary/aromatic N) is 6. The fraction of sp³-hybridized carbons (Fsp3) is 0.429. The Morgan fingerprint density at radius 1 is 0.660 bits per heavy atom. The monoisotopic (exact) mass is 1330 g/mol. The number of aromatic amines is 1. The highest BCUT2D eigenvalue weighted by molar-refractivity contribution is 6.00. The summed E-state index contributed by atoms with van der Waals surface area (Å²) >= 11 is 0. The first-order valence-corrected chi connectivity index (χ1v) is 32.8. The van der Waals surface area contributed by atoms with Crippen molar-refractivity contribution in [1.82, 2.24) is 35.0 Å². The number of amides is 4. The van der Waals surface area contributed by atoms with Crippen LogP contribution in [0.1, 0.15) is 104 Å². The average Bonchev–Trinajstić information content (AvgIpc) is 1.66. The van der Waals surface area contributed by atoms with E-state index in [-0.39, 0.29) is 84.7 Å². The lowest BCUT2D eigenvalue weighted by atomic mass is 10.0. The molecule has 3 aliphatic carbocycles. The zero-order chi connectivity index (χ0) is 68.2. The summed E-state index contributed by atoms with van der Waals surface area (Å²) < 4.78 is 63.8. The topological polar surface area (TPSA) is 359 Å². The number of rotatable bonds is 21. The molecule has 3 saturated carbocycles. The molecule has 7 aromatic rings. The smallest absolute Gasteiger partial charge is 0.309 e. The number of esters is 1. The first kappa shape index (κ1) is 69.0. The number of anilines is 3. The molecule has 4 amide bonds. The van der Waals surface area contributed by atoms with E-state index in [1.807, 2.05) is 60.7 Å². The minimum atomic E-state index is -3.29. The minimum Gasteiger partial charge on any atom is -0.490 e. The number of pyridine rings is 1. The maximum atomic E-state index is 15.0. The number of H-pyrrole nitrogens is 1. The van der Waals surface area contributed by atoms with Gasteiger partial charge in [-0.3, -0.25) is 34.1 Å². The largest absolute Gasteiger partial charge is 0.490 e. The summed E-state index contributed by atoms with van der Waals surface area (Å²) in [6, 6.07) is 29.6. The number of hydrogen-bond donors (Lipinski definition) is 8. The molecule has 3 saturated heterocycles. The van der Waals surface area contributed by atoms with Crippen molar-refractivity contribution in [2.45, 2.75) is 128 Å². The molecule has 3 aliphatic heterocycles. The highest BCUT2D eigenvalue weighted by Crippen LogP contribution is 2.42. The van der Waals surface area contributed by atoms with Crippen molar-refractivity contribution in [3.8, 4) is 50.9 Å². The zero-order valence-electron chi connectivity index (χ0n) is 54.1. The lowest BCUT2D eigenvalue weighted by Crippen LogP contribution is -2.55. The van der Waals surface area contributed by atoms with E-state index < -0.39 is 30.1 Å². The van der Waals surface area contributed by atoms with E-state index >= 15 is 8.78 Å². The summed E-state index contributed by atoms with van der Waals surface area (Å²) in [6.07, 6.45) is 8.63. The summed E-state index contributed by atoms with van der Waals surface area (Å²) in [5.41, 5.74) is 25.1. The fourth-order valence-corrected chi connectivity index (χ4v) is 11.4. The van der Waals surface area contributed by atoms with Crippen LogP contribution in [0.15, 0.2) is 110 Å². The Labute approximate surface area is 559 Å². The first-order valence-electron chi connectivity index (χ1n) is 32.8. The van der Waals surface area contributed by atoms with Gasteiger partial charge in [-0.1, -0.05) is 18.2 Å². The Morgan fingerprint density at radius 2 is 1.25 bits per heavy atom. The Bertz CT molecular complexity index is 3950. The van der Waals surface area contributed by atoms with E-state index in [1.165, 1.54) is 6.33 Å². The number of aromatic nitrogens is 6. The van der Waals surface area contributed by atoms with Crippen LogP contribution in [0.5, 0.6) is 17.2 Å². The SMILES string of the molecule is CCOC(=O)[C@@H]1C[C@H]1C(=O)Nc1cc(-c2ccc(OC3CCOCC3)c(CN)c2)ncn1.Cc1nc(C(=O)N2CC[C@H](Oc3ccc(-c4cc(NC(=O)C5CC5)ccn4)cc3CN)C(F)(F)C2)n[nH]1.NCc1cc(-c2cccc(NC(=O)C3(O)CC3)c2)ccc1OC1CCOCC1. The van der Waals surface area contributed by atoms with Crippen molar-refractivity contribution in [1.29, 1.82) is 0 Å². The molecule has 6 aliphatic rings. The molecule has 0 spiro atoms. The van der Waals surface area contributed by atoms with Gasteiger partial charge >= 0.3 is 11.9 Å². The number of ether oxygens (including phenoxy) is 6.